The Balaban J connectivity index is 1.72. The third-order valence-electron chi connectivity index (χ3n) is 3.77. The quantitative estimate of drug-likeness (QED) is 0.892. The Bertz CT molecular complexity index is 661. The van der Waals surface area contributed by atoms with Gasteiger partial charge in [0.15, 0.2) is 0 Å². The molecule has 0 unspecified atom stereocenters. The first-order valence-electron chi connectivity index (χ1n) is 7.11. The molecule has 1 aliphatic rings. The third kappa shape index (κ3) is 3.12. The fourth-order valence-electron chi connectivity index (χ4n) is 2.48. The highest BCUT2D eigenvalue weighted by atomic mass is 35.5. The number of hydrogen-bond acceptors (Lipinski definition) is 2. The number of halogens is 1. The summed E-state index contributed by atoms with van der Waals surface area (Å²) in [6.07, 6.45) is 4.06. The van der Waals surface area contributed by atoms with Gasteiger partial charge in [-0.25, -0.2) is 0 Å². The topological polar surface area (TPSA) is 60.0 Å². The Morgan fingerprint density at radius 1 is 1.33 bits per heavy atom. The first kappa shape index (κ1) is 14.2. The monoisotopic (exact) mass is 303 g/mol. The number of nitrogens with one attached hydrogen (secondary N) is 1. The van der Waals surface area contributed by atoms with E-state index in [-0.39, 0.29) is 5.91 Å². The summed E-state index contributed by atoms with van der Waals surface area (Å²) in [4.78, 5) is 12.4. The van der Waals surface area contributed by atoms with Crippen LogP contribution in [0.4, 0.5) is 0 Å². The fourth-order valence-corrected chi connectivity index (χ4v) is 2.69. The van der Waals surface area contributed by atoms with E-state index in [0.29, 0.717) is 29.8 Å². The molecule has 1 saturated carbocycles. The largest absolute Gasteiger partial charge is 0.347 e. The van der Waals surface area contributed by atoms with Crippen molar-refractivity contribution >= 4 is 17.5 Å². The maximum Gasteiger partial charge on any atom is 0.268 e. The number of nitrogens with zero attached hydrogens (tertiary/aromatic N) is 1. The van der Waals surface area contributed by atoms with Crippen LogP contribution in [0.3, 0.4) is 0 Å². The average molecular weight is 304 g/mol. The molecule has 21 heavy (non-hydrogen) atoms. The molecule has 3 rings (SSSR count). The molecule has 1 aromatic carbocycles. The Kier molecular flexibility index (Phi) is 3.99. The number of rotatable bonds is 5. The predicted octanol–water partition coefficient (Wildman–Crippen LogP) is 2.87. The van der Waals surface area contributed by atoms with Gasteiger partial charge >= 0.3 is 0 Å². The van der Waals surface area contributed by atoms with E-state index in [0.717, 1.165) is 24.0 Å². The number of hydrogen-bond donors (Lipinski definition) is 2. The highest BCUT2D eigenvalue weighted by Gasteiger charge is 2.27. The van der Waals surface area contributed by atoms with E-state index in [1.165, 1.54) is 0 Å². The molecule has 1 aliphatic carbocycles. The van der Waals surface area contributed by atoms with Gasteiger partial charge in [0.1, 0.15) is 5.69 Å². The van der Waals surface area contributed by atoms with Crippen molar-refractivity contribution in [2.45, 2.75) is 32.0 Å². The fraction of sp³-hybridized carbons (Fsp3) is 0.312. The van der Waals surface area contributed by atoms with Crippen molar-refractivity contribution in [2.24, 2.45) is 5.73 Å². The van der Waals surface area contributed by atoms with Gasteiger partial charge in [0, 0.05) is 25.3 Å². The van der Waals surface area contributed by atoms with E-state index in [1.54, 1.807) is 6.07 Å². The van der Waals surface area contributed by atoms with Gasteiger partial charge in [0.25, 0.3) is 5.91 Å². The molecule has 110 valence electrons. The van der Waals surface area contributed by atoms with Crippen LogP contribution in [-0.4, -0.2) is 10.5 Å². The van der Waals surface area contributed by atoms with Crippen LogP contribution < -0.4 is 11.1 Å². The second-order valence-corrected chi connectivity index (χ2v) is 5.77. The third-order valence-corrected chi connectivity index (χ3v) is 3.97. The number of carbonyl (C=O) groups excluding carboxylic acids is 1. The lowest BCUT2D eigenvalue weighted by Gasteiger charge is -2.11. The lowest BCUT2D eigenvalue weighted by molar-refractivity contribution is 0.0941. The summed E-state index contributed by atoms with van der Waals surface area (Å²) >= 11 is 6.03. The van der Waals surface area contributed by atoms with E-state index in [4.69, 9.17) is 17.3 Å². The van der Waals surface area contributed by atoms with Gasteiger partial charge in [-0.3, -0.25) is 4.79 Å². The molecule has 0 saturated heterocycles. The minimum Gasteiger partial charge on any atom is -0.347 e. The van der Waals surface area contributed by atoms with Gasteiger partial charge in [-0.05, 0) is 30.0 Å². The molecule has 0 radical (unpaired) electrons. The van der Waals surface area contributed by atoms with Crippen molar-refractivity contribution in [3.8, 4) is 0 Å². The molecule has 0 bridgehead atoms. The zero-order valence-electron chi connectivity index (χ0n) is 11.7. The maximum absolute atomic E-state index is 12.4. The highest BCUT2D eigenvalue weighted by Crippen LogP contribution is 2.37. The van der Waals surface area contributed by atoms with Crippen LogP contribution in [0.25, 0.3) is 0 Å². The van der Waals surface area contributed by atoms with Crippen LogP contribution in [-0.2, 0) is 13.1 Å². The first-order chi connectivity index (χ1) is 10.2. The molecular weight excluding hydrogens is 286 g/mol. The molecule has 1 heterocycles. The number of amides is 1. The Morgan fingerprint density at radius 3 is 2.71 bits per heavy atom. The maximum atomic E-state index is 12.4. The standard InChI is InChI=1S/C16H18ClN3O/c17-13-7-15(20(10-13)14-5-6-14)16(21)19-9-12-4-2-1-3-11(12)8-18/h1-4,7,10,14H,5-6,8-9,18H2,(H,19,21). The van der Waals surface area contributed by atoms with E-state index < -0.39 is 0 Å². The summed E-state index contributed by atoms with van der Waals surface area (Å²) in [6, 6.07) is 10.0. The van der Waals surface area contributed by atoms with E-state index >= 15 is 0 Å². The second kappa shape index (κ2) is 5.92. The Morgan fingerprint density at radius 2 is 2.05 bits per heavy atom. The van der Waals surface area contributed by atoms with Gasteiger partial charge in [0.05, 0.1) is 5.02 Å². The van der Waals surface area contributed by atoms with Gasteiger partial charge in [0.2, 0.25) is 0 Å². The lowest BCUT2D eigenvalue weighted by atomic mass is 10.1. The molecule has 1 aromatic heterocycles. The number of benzene rings is 1. The molecule has 2 aromatic rings. The predicted molar refractivity (Wildman–Crippen MR) is 83.2 cm³/mol. The van der Waals surface area contributed by atoms with Crippen molar-refractivity contribution in [2.75, 3.05) is 0 Å². The molecule has 1 amide bonds. The number of nitrogens with two attached hydrogens (primary N) is 1. The van der Waals surface area contributed by atoms with Crippen molar-refractivity contribution in [3.05, 3.63) is 58.4 Å². The van der Waals surface area contributed by atoms with Gasteiger partial charge < -0.3 is 15.6 Å². The molecule has 1 fully saturated rings. The van der Waals surface area contributed by atoms with Crippen LogP contribution in [0.1, 0.15) is 40.5 Å². The van der Waals surface area contributed by atoms with Crippen LogP contribution in [0.5, 0.6) is 0 Å². The summed E-state index contributed by atoms with van der Waals surface area (Å²) in [5.41, 5.74) is 8.44. The molecule has 0 spiro atoms. The Hall–Kier alpha value is -1.78. The van der Waals surface area contributed by atoms with Crippen molar-refractivity contribution in [3.63, 3.8) is 0 Å². The molecule has 0 aliphatic heterocycles. The van der Waals surface area contributed by atoms with Crippen molar-refractivity contribution < 1.29 is 4.79 Å². The van der Waals surface area contributed by atoms with Crippen LogP contribution in [0.15, 0.2) is 36.5 Å². The molecule has 3 N–H and O–H groups in total. The highest BCUT2D eigenvalue weighted by molar-refractivity contribution is 6.31. The summed E-state index contributed by atoms with van der Waals surface area (Å²) in [5.74, 6) is -0.0966. The minimum atomic E-state index is -0.0966. The van der Waals surface area contributed by atoms with Crippen molar-refractivity contribution in [1.82, 2.24) is 9.88 Å². The normalized spacial score (nSPS) is 14.2. The van der Waals surface area contributed by atoms with Crippen LogP contribution in [0.2, 0.25) is 5.02 Å². The van der Waals surface area contributed by atoms with Crippen LogP contribution >= 0.6 is 11.6 Å². The smallest absolute Gasteiger partial charge is 0.268 e. The van der Waals surface area contributed by atoms with Gasteiger partial charge in [-0.1, -0.05) is 35.9 Å². The number of aromatic nitrogens is 1. The average Bonchev–Trinajstić information content (AvgIpc) is 3.27. The summed E-state index contributed by atoms with van der Waals surface area (Å²) in [7, 11) is 0. The summed E-state index contributed by atoms with van der Waals surface area (Å²) < 4.78 is 1.98. The van der Waals surface area contributed by atoms with Crippen molar-refractivity contribution in [1.29, 1.82) is 0 Å². The van der Waals surface area contributed by atoms with E-state index in [9.17, 15) is 4.79 Å². The summed E-state index contributed by atoms with van der Waals surface area (Å²) in [5, 5.41) is 3.56. The lowest BCUT2D eigenvalue weighted by Crippen LogP contribution is -2.25. The van der Waals surface area contributed by atoms with E-state index in [2.05, 4.69) is 5.32 Å². The molecule has 4 nitrogen and oxygen atoms in total. The zero-order valence-corrected chi connectivity index (χ0v) is 12.4. The Labute approximate surface area is 128 Å². The minimum absolute atomic E-state index is 0.0966. The number of carbonyl (C=O) groups is 1. The molecule has 0 atom stereocenters. The van der Waals surface area contributed by atoms with E-state index in [1.807, 2.05) is 35.0 Å². The first-order valence-corrected chi connectivity index (χ1v) is 7.49. The molecular formula is C16H18ClN3O. The zero-order chi connectivity index (χ0) is 14.8. The SMILES string of the molecule is NCc1ccccc1CNC(=O)c1cc(Cl)cn1C1CC1. The van der Waals surface area contributed by atoms with Gasteiger partial charge in [-0.15, -0.1) is 0 Å². The second-order valence-electron chi connectivity index (χ2n) is 5.34. The van der Waals surface area contributed by atoms with Gasteiger partial charge in [-0.2, -0.15) is 0 Å². The van der Waals surface area contributed by atoms with Crippen LogP contribution in [0, 0.1) is 0 Å². The molecule has 5 heteroatoms. The summed E-state index contributed by atoms with van der Waals surface area (Å²) in [6.45, 7) is 0.940.